The second-order valence-corrected chi connectivity index (χ2v) is 20.3. The van der Waals surface area contributed by atoms with Crippen LogP contribution in [0.1, 0.15) is 152 Å². The topological polar surface area (TPSA) is 40.5 Å². The highest BCUT2D eigenvalue weighted by Gasteiger charge is 2.45. The molecule has 0 saturated carbocycles. The molecule has 0 amide bonds. The number of aromatic hydroxyl groups is 2. The van der Waals surface area contributed by atoms with Crippen LogP contribution >= 0.6 is 0 Å². The van der Waals surface area contributed by atoms with Crippen molar-refractivity contribution >= 4 is 0 Å². The summed E-state index contributed by atoms with van der Waals surface area (Å²) in [4.78, 5) is 0. The molecule has 0 aliphatic heterocycles. The number of rotatable bonds is 8. The van der Waals surface area contributed by atoms with Gasteiger partial charge in [0.1, 0.15) is 35.2 Å². The number of alkyl halides is 12. The fraction of sp³-hybridized carbons (Fsp3) is 0.314. The molecule has 0 spiro atoms. The Balaban J connectivity index is 0.000000288. The molecule has 0 fully saturated rings. The zero-order valence-electron chi connectivity index (χ0n) is 49.9. The summed E-state index contributed by atoms with van der Waals surface area (Å²) in [6.45, 7) is 26.1. The first kappa shape index (κ1) is 70.8. The van der Waals surface area contributed by atoms with Crippen molar-refractivity contribution in [2.24, 2.45) is 0 Å². The van der Waals surface area contributed by atoms with Crippen molar-refractivity contribution in [1.29, 1.82) is 0 Å². The molecule has 8 aromatic carbocycles. The van der Waals surface area contributed by atoms with Gasteiger partial charge in [-0.25, -0.2) is 0 Å². The Labute approximate surface area is 487 Å². The van der Waals surface area contributed by atoms with E-state index in [0.29, 0.717) is 44.5 Å². The fourth-order valence-corrected chi connectivity index (χ4v) is 9.47. The molecule has 84 heavy (non-hydrogen) atoms. The van der Waals surface area contributed by atoms with E-state index < -0.39 is 48.4 Å². The van der Waals surface area contributed by atoms with Gasteiger partial charge in [0.25, 0.3) is 0 Å². The van der Waals surface area contributed by atoms with Crippen LogP contribution in [0, 0.1) is 69.2 Å². The molecule has 0 aliphatic rings. The Hall–Kier alpha value is -7.48. The number of hydrogen-bond donors (Lipinski definition) is 2. The second-order valence-electron chi connectivity index (χ2n) is 20.3. The molecule has 0 unspecified atom stereocenters. The van der Waals surface area contributed by atoms with Crippen LogP contribution in [-0.2, 0) is 0 Å². The summed E-state index contributed by atoms with van der Waals surface area (Å²) >= 11 is 0. The molecule has 2 nitrogen and oxygen atoms in total. The lowest BCUT2D eigenvalue weighted by atomic mass is 9.84. The van der Waals surface area contributed by atoms with Crippen LogP contribution in [0.15, 0.2) is 170 Å². The first-order valence-electron chi connectivity index (χ1n) is 27.4. The van der Waals surface area contributed by atoms with E-state index in [1.165, 1.54) is 48.5 Å². The molecular formula is C70H76F12O2. The normalized spacial score (nSPS) is 11.5. The van der Waals surface area contributed by atoms with Crippen molar-refractivity contribution in [2.45, 2.75) is 145 Å². The SMILES string of the molecule is CC.CC.Cc1ccc(C(c2ccc(C)cc2)C(F)(F)F)cc1.Cc1ccc(C(c2ccc(C)cc2C)C(F)(F)F)c(C)c1.Cc1ccc(C)c(C(c2cc(C)ccc2C)C(F)(F)F)c1.Oc1ccc(C(c2ccc(O)cc2)C(F)(F)F)cc1. The maximum absolute atomic E-state index is 13.7. The van der Waals surface area contributed by atoms with Gasteiger partial charge in [-0.1, -0.05) is 207 Å². The Bertz CT molecular complexity index is 2980. The Kier molecular flexibility index (Phi) is 26.0. The van der Waals surface area contributed by atoms with E-state index in [0.717, 1.165) is 33.4 Å². The number of benzene rings is 8. The summed E-state index contributed by atoms with van der Waals surface area (Å²) in [7, 11) is 0. The van der Waals surface area contributed by atoms with E-state index in [4.69, 9.17) is 10.2 Å². The third-order valence-corrected chi connectivity index (χ3v) is 13.5. The predicted molar refractivity (Wildman–Crippen MR) is 317 cm³/mol. The van der Waals surface area contributed by atoms with Gasteiger partial charge in [-0.3, -0.25) is 0 Å². The van der Waals surface area contributed by atoms with Crippen LogP contribution in [0.2, 0.25) is 0 Å². The summed E-state index contributed by atoms with van der Waals surface area (Å²) in [6, 6.07) is 43.6. The predicted octanol–water partition coefficient (Wildman–Crippen LogP) is 22.1. The fourth-order valence-electron chi connectivity index (χ4n) is 9.47. The van der Waals surface area contributed by atoms with E-state index in [9.17, 15) is 52.7 Å². The molecule has 8 aromatic rings. The molecule has 14 heteroatoms. The lowest BCUT2D eigenvalue weighted by molar-refractivity contribution is -0.142. The maximum atomic E-state index is 13.7. The van der Waals surface area contributed by atoms with Gasteiger partial charge < -0.3 is 10.2 Å². The third-order valence-electron chi connectivity index (χ3n) is 13.5. The van der Waals surface area contributed by atoms with Gasteiger partial charge in [-0.15, -0.1) is 0 Å². The van der Waals surface area contributed by atoms with Crippen molar-refractivity contribution in [3.8, 4) is 11.5 Å². The molecule has 0 aromatic heterocycles. The van der Waals surface area contributed by atoms with Crippen molar-refractivity contribution in [2.75, 3.05) is 0 Å². The van der Waals surface area contributed by atoms with Crippen molar-refractivity contribution in [1.82, 2.24) is 0 Å². The molecular weight excluding hydrogens is 1100 g/mol. The molecule has 0 bridgehead atoms. The largest absolute Gasteiger partial charge is 0.508 e. The van der Waals surface area contributed by atoms with E-state index in [-0.39, 0.29) is 33.8 Å². The minimum Gasteiger partial charge on any atom is -0.508 e. The standard InChI is InChI=1S/2C18H19F3.C16H15F3.C14H11F3O2.2C2H6/c1-11-5-7-15(13(3)9-11)17(18(19,20)21)16-8-6-12(2)10-14(16)4;1-11-5-7-13(3)15(9-11)17(18(19,20)21)16-10-12(2)6-8-14(16)4;1-11-3-7-13(8-4-11)15(16(17,18)19)14-9-5-12(2)6-10-14;15-14(16,17)13(9-1-5-11(18)6-2-9)10-3-7-12(19)8-4-10;2*1-2/h2*5-10,17H,1-4H3;3-10,15H,1-2H3;1-8,13,18-19H;2*1-2H3. The Morgan fingerprint density at radius 1 is 0.238 bits per heavy atom. The summed E-state index contributed by atoms with van der Waals surface area (Å²) in [5.74, 6) is -6.66. The van der Waals surface area contributed by atoms with Gasteiger partial charge in [0, 0.05) is 0 Å². The molecule has 8 rings (SSSR count). The summed E-state index contributed by atoms with van der Waals surface area (Å²) < 4.78 is 161. The van der Waals surface area contributed by atoms with Gasteiger partial charge in [-0.05, 0) is 160 Å². The summed E-state index contributed by atoms with van der Waals surface area (Å²) in [5.41, 5.74) is 10.2. The highest BCUT2D eigenvalue weighted by molar-refractivity contribution is 5.47. The summed E-state index contributed by atoms with van der Waals surface area (Å²) in [5, 5.41) is 18.3. The second kappa shape index (κ2) is 30.9. The van der Waals surface area contributed by atoms with Crippen molar-refractivity contribution in [3.05, 3.63) is 270 Å². The van der Waals surface area contributed by atoms with Gasteiger partial charge in [0.05, 0.1) is 0 Å². The van der Waals surface area contributed by atoms with E-state index >= 15 is 0 Å². The third kappa shape index (κ3) is 20.4. The smallest absolute Gasteiger partial charge is 0.399 e. The van der Waals surface area contributed by atoms with Crippen LogP contribution in [0.3, 0.4) is 0 Å². The lowest BCUT2D eigenvalue weighted by Gasteiger charge is -2.25. The van der Waals surface area contributed by atoms with Crippen LogP contribution in [0.5, 0.6) is 11.5 Å². The van der Waals surface area contributed by atoms with Crippen LogP contribution in [-0.4, -0.2) is 34.9 Å². The molecule has 0 saturated heterocycles. The molecule has 452 valence electrons. The van der Waals surface area contributed by atoms with Crippen molar-refractivity contribution < 1.29 is 62.9 Å². The van der Waals surface area contributed by atoms with Crippen LogP contribution in [0.25, 0.3) is 0 Å². The summed E-state index contributed by atoms with van der Waals surface area (Å²) in [6.07, 6.45) is -17.4. The van der Waals surface area contributed by atoms with Gasteiger partial charge >= 0.3 is 24.7 Å². The molecule has 2 N–H and O–H groups in total. The molecule has 0 heterocycles. The highest BCUT2D eigenvalue weighted by Crippen LogP contribution is 2.46. The lowest BCUT2D eigenvalue weighted by Crippen LogP contribution is -2.24. The number of aryl methyl sites for hydroxylation is 10. The number of phenols is 2. The average Bonchev–Trinajstić information content (AvgIpc) is 3.40. The number of halogens is 12. The number of phenolic OH excluding ortho intramolecular Hbond substituents is 2. The van der Waals surface area contributed by atoms with Crippen molar-refractivity contribution in [3.63, 3.8) is 0 Å². The minimum absolute atomic E-state index is 0.0380. The average molecular weight is 1180 g/mol. The van der Waals surface area contributed by atoms with Gasteiger partial charge in [0.15, 0.2) is 0 Å². The molecule has 0 aliphatic carbocycles. The number of hydrogen-bond acceptors (Lipinski definition) is 2. The highest BCUT2D eigenvalue weighted by atomic mass is 19.4. The quantitative estimate of drug-likeness (QED) is 0.149. The monoisotopic (exact) mass is 1180 g/mol. The van der Waals surface area contributed by atoms with Crippen LogP contribution < -0.4 is 0 Å². The maximum Gasteiger partial charge on any atom is 0.399 e. The molecule has 0 atom stereocenters. The first-order valence-corrected chi connectivity index (χ1v) is 27.4. The van der Waals surface area contributed by atoms with E-state index in [2.05, 4.69) is 0 Å². The molecule has 0 radical (unpaired) electrons. The Morgan fingerprint density at radius 2 is 0.452 bits per heavy atom. The van der Waals surface area contributed by atoms with Gasteiger partial charge in [0.2, 0.25) is 0 Å². The van der Waals surface area contributed by atoms with E-state index in [1.54, 1.807) is 137 Å². The zero-order valence-corrected chi connectivity index (χ0v) is 49.9. The first-order chi connectivity index (χ1) is 39.1. The minimum atomic E-state index is -4.45. The van der Waals surface area contributed by atoms with Gasteiger partial charge in [-0.2, -0.15) is 52.7 Å². The zero-order chi connectivity index (χ0) is 63.7. The van der Waals surface area contributed by atoms with E-state index in [1.807, 2.05) is 81.4 Å². The Morgan fingerprint density at radius 3 is 0.702 bits per heavy atom. The van der Waals surface area contributed by atoms with Crippen LogP contribution in [0.4, 0.5) is 52.7 Å².